The van der Waals surface area contributed by atoms with Crippen LogP contribution in [0.4, 0.5) is 5.69 Å². The van der Waals surface area contributed by atoms with E-state index in [0.29, 0.717) is 0 Å². The molecule has 2 amide bonds. The Morgan fingerprint density at radius 2 is 2.05 bits per heavy atom. The summed E-state index contributed by atoms with van der Waals surface area (Å²) in [6.07, 6.45) is 0. The topological polar surface area (TPSA) is 101 Å². The number of carbonyl (C=O) groups is 2. The molecule has 2 N–H and O–H groups in total. The third-order valence-electron chi connectivity index (χ3n) is 2.28. The largest absolute Gasteiger partial charge is 0.352 e. The highest BCUT2D eigenvalue weighted by atomic mass is 79.9. The third kappa shape index (κ3) is 4.30. The zero-order valence-electron chi connectivity index (χ0n) is 11.0. The number of halogens is 1. The SMILES string of the molecule is CC(C)NC(=O)CNC(=O)c1cccc([N+](=O)[O-])c1Br. The van der Waals surface area contributed by atoms with Crippen LogP contribution in [0.2, 0.25) is 0 Å². The molecule has 0 atom stereocenters. The lowest BCUT2D eigenvalue weighted by atomic mass is 10.2. The van der Waals surface area contributed by atoms with E-state index in [1.165, 1.54) is 18.2 Å². The Balaban J connectivity index is 2.76. The van der Waals surface area contributed by atoms with Crippen molar-refractivity contribution in [2.24, 2.45) is 0 Å². The molecule has 0 saturated carbocycles. The van der Waals surface area contributed by atoms with Crippen molar-refractivity contribution in [2.75, 3.05) is 6.54 Å². The summed E-state index contributed by atoms with van der Waals surface area (Å²) in [5, 5.41) is 15.8. The van der Waals surface area contributed by atoms with Gasteiger partial charge in [0.05, 0.1) is 17.0 Å². The van der Waals surface area contributed by atoms with Gasteiger partial charge in [0, 0.05) is 12.1 Å². The van der Waals surface area contributed by atoms with Gasteiger partial charge in [-0.25, -0.2) is 0 Å². The van der Waals surface area contributed by atoms with Crippen molar-refractivity contribution >= 4 is 33.4 Å². The Labute approximate surface area is 124 Å². The van der Waals surface area contributed by atoms with E-state index in [4.69, 9.17) is 0 Å². The minimum absolute atomic E-state index is 0.0241. The summed E-state index contributed by atoms with van der Waals surface area (Å²) >= 11 is 3.03. The van der Waals surface area contributed by atoms with E-state index < -0.39 is 10.8 Å². The lowest BCUT2D eigenvalue weighted by Gasteiger charge is -2.10. The van der Waals surface area contributed by atoms with E-state index >= 15 is 0 Å². The maximum atomic E-state index is 11.9. The molecule has 0 aliphatic carbocycles. The molecule has 108 valence electrons. The van der Waals surface area contributed by atoms with Crippen LogP contribution in [0.3, 0.4) is 0 Å². The van der Waals surface area contributed by atoms with Crippen molar-refractivity contribution in [3.05, 3.63) is 38.3 Å². The Kier molecular flexibility index (Phi) is 5.63. The predicted molar refractivity (Wildman–Crippen MR) is 76.4 cm³/mol. The number of rotatable bonds is 5. The summed E-state index contributed by atoms with van der Waals surface area (Å²) in [6.45, 7) is 3.42. The Bertz CT molecular complexity index is 546. The number of benzene rings is 1. The molecule has 0 fully saturated rings. The zero-order valence-corrected chi connectivity index (χ0v) is 12.6. The molecule has 20 heavy (non-hydrogen) atoms. The van der Waals surface area contributed by atoms with Crippen molar-refractivity contribution in [3.8, 4) is 0 Å². The van der Waals surface area contributed by atoms with Gasteiger partial charge in [-0.2, -0.15) is 0 Å². The lowest BCUT2D eigenvalue weighted by molar-refractivity contribution is -0.385. The van der Waals surface area contributed by atoms with Crippen LogP contribution in [0.1, 0.15) is 24.2 Å². The first-order chi connectivity index (χ1) is 9.32. The molecule has 0 saturated heterocycles. The molecule has 0 aliphatic rings. The molecular formula is C12H14BrN3O4. The number of nitro groups is 1. The van der Waals surface area contributed by atoms with Crippen LogP contribution in [0, 0.1) is 10.1 Å². The molecule has 0 unspecified atom stereocenters. The highest BCUT2D eigenvalue weighted by Crippen LogP contribution is 2.27. The van der Waals surface area contributed by atoms with Gasteiger partial charge >= 0.3 is 0 Å². The second-order valence-corrected chi connectivity index (χ2v) is 5.09. The maximum Gasteiger partial charge on any atom is 0.284 e. The van der Waals surface area contributed by atoms with Crippen molar-refractivity contribution < 1.29 is 14.5 Å². The number of hydrogen-bond donors (Lipinski definition) is 2. The number of nitrogens with one attached hydrogen (secondary N) is 2. The van der Waals surface area contributed by atoms with Crippen LogP contribution in [0.5, 0.6) is 0 Å². The second kappa shape index (κ2) is 6.99. The van der Waals surface area contributed by atoms with E-state index in [2.05, 4.69) is 26.6 Å². The number of carbonyl (C=O) groups excluding carboxylic acids is 2. The molecule has 0 aliphatic heterocycles. The number of amides is 2. The number of nitro benzene ring substituents is 1. The van der Waals surface area contributed by atoms with E-state index in [0.717, 1.165) is 0 Å². The second-order valence-electron chi connectivity index (χ2n) is 4.30. The molecule has 7 nitrogen and oxygen atoms in total. The number of hydrogen-bond acceptors (Lipinski definition) is 4. The summed E-state index contributed by atoms with van der Waals surface area (Å²) in [4.78, 5) is 33.5. The molecule has 0 heterocycles. The van der Waals surface area contributed by atoms with Crippen molar-refractivity contribution in [1.29, 1.82) is 0 Å². The van der Waals surface area contributed by atoms with Gasteiger partial charge in [0.25, 0.3) is 11.6 Å². The first kappa shape index (κ1) is 16.1. The highest BCUT2D eigenvalue weighted by Gasteiger charge is 2.19. The van der Waals surface area contributed by atoms with Gasteiger partial charge in [0.1, 0.15) is 4.47 Å². The predicted octanol–water partition coefficient (Wildman–Crippen LogP) is 1.61. The quantitative estimate of drug-likeness (QED) is 0.626. The average molecular weight is 344 g/mol. The minimum Gasteiger partial charge on any atom is -0.352 e. The molecule has 0 aromatic heterocycles. The molecule has 1 rings (SSSR count). The van der Waals surface area contributed by atoms with Crippen molar-refractivity contribution in [3.63, 3.8) is 0 Å². The summed E-state index contributed by atoms with van der Waals surface area (Å²) in [6, 6.07) is 4.11. The van der Waals surface area contributed by atoms with Gasteiger partial charge in [-0.15, -0.1) is 0 Å². The molecule has 1 aromatic carbocycles. The monoisotopic (exact) mass is 343 g/mol. The van der Waals surface area contributed by atoms with Crippen LogP contribution in [-0.4, -0.2) is 29.3 Å². The summed E-state index contributed by atoms with van der Waals surface area (Å²) < 4.78 is 0.0896. The van der Waals surface area contributed by atoms with Crippen molar-refractivity contribution in [1.82, 2.24) is 10.6 Å². The fourth-order valence-electron chi connectivity index (χ4n) is 1.46. The fraction of sp³-hybridized carbons (Fsp3) is 0.333. The van der Waals surface area contributed by atoms with Gasteiger partial charge in [0.2, 0.25) is 5.91 Å². The summed E-state index contributed by atoms with van der Waals surface area (Å²) in [5.41, 5.74) is -0.0965. The normalized spacial score (nSPS) is 10.2. The molecule has 8 heteroatoms. The van der Waals surface area contributed by atoms with Gasteiger partial charge in [0.15, 0.2) is 0 Å². The molecule has 0 bridgehead atoms. The smallest absolute Gasteiger partial charge is 0.284 e. The maximum absolute atomic E-state index is 11.9. The van der Waals surface area contributed by atoms with Crippen LogP contribution in [0.25, 0.3) is 0 Å². The molecular weight excluding hydrogens is 330 g/mol. The van der Waals surface area contributed by atoms with Gasteiger partial charge < -0.3 is 10.6 Å². The van der Waals surface area contributed by atoms with E-state index in [-0.39, 0.29) is 34.2 Å². The standard InChI is InChI=1S/C12H14BrN3O4/c1-7(2)15-10(17)6-14-12(18)8-4-3-5-9(11(8)13)16(19)20/h3-5,7H,6H2,1-2H3,(H,14,18)(H,15,17). The molecule has 1 aromatic rings. The van der Waals surface area contributed by atoms with E-state index in [1.807, 2.05) is 0 Å². The van der Waals surface area contributed by atoms with Gasteiger partial charge in [-0.05, 0) is 35.8 Å². The summed E-state index contributed by atoms with van der Waals surface area (Å²) in [5.74, 6) is -0.880. The third-order valence-corrected chi connectivity index (χ3v) is 3.11. The molecule has 0 radical (unpaired) electrons. The molecule has 0 spiro atoms. The van der Waals surface area contributed by atoms with Gasteiger partial charge in [-0.1, -0.05) is 6.07 Å². The van der Waals surface area contributed by atoms with E-state index in [1.54, 1.807) is 13.8 Å². The Morgan fingerprint density at radius 1 is 1.40 bits per heavy atom. The minimum atomic E-state index is -0.591. The Morgan fingerprint density at radius 3 is 2.60 bits per heavy atom. The van der Waals surface area contributed by atoms with Gasteiger partial charge in [-0.3, -0.25) is 19.7 Å². The average Bonchev–Trinajstić information content (AvgIpc) is 2.35. The van der Waals surface area contributed by atoms with Crippen molar-refractivity contribution in [2.45, 2.75) is 19.9 Å². The first-order valence-electron chi connectivity index (χ1n) is 5.83. The fourth-order valence-corrected chi connectivity index (χ4v) is 2.05. The van der Waals surface area contributed by atoms with E-state index in [9.17, 15) is 19.7 Å². The number of nitrogens with zero attached hydrogens (tertiary/aromatic N) is 1. The van der Waals surface area contributed by atoms with Crippen LogP contribution >= 0.6 is 15.9 Å². The lowest BCUT2D eigenvalue weighted by Crippen LogP contribution is -2.39. The Hall–Kier alpha value is -1.96. The zero-order chi connectivity index (χ0) is 15.3. The highest BCUT2D eigenvalue weighted by molar-refractivity contribution is 9.10. The van der Waals surface area contributed by atoms with Crippen LogP contribution in [0.15, 0.2) is 22.7 Å². The summed E-state index contributed by atoms with van der Waals surface area (Å²) in [7, 11) is 0. The van der Waals surface area contributed by atoms with Crippen LogP contribution < -0.4 is 10.6 Å². The van der Waals surface area contributed by atoms with Crippen LogP contribution in [-0.2, 0) is 4.79 Å². The first-order valence-corrected chi connectivity index (χ1v) is 6.62.